The second kappa shape index (κ2) is 11.8. The number of aliphatic hydroxyl groups excluding tert-OH is 1. The Morgan fingerprint density at radius 2 is 1.95 bits per heavy atom. The van der Waals surface area contributed by atoms with Crippen LogP contribution in [0.4, 0.5) is 5.69 Å². The lowest BCUT2D eigenvalue weighted by atomic mass is 9.70. The number of carbonyl (C=O) groups is 3. The zero-order chi connectivity index (χ0) is 28.4. The highest BCUT2D eigenvalue weighted by Gasteiger charge is 2.77. The van der Waals surface area contributed by atoms with Crippen molar-refractivity contribution in [3.8, 4) is 0 Å². The minimum absolute atomic E-state index is 0.136. The molecule has 0 aromatic heterocycles. The van der Waals surface area contributed by atoms with Crippen LogP contribution in [-0.4, -0.2) is 76.7 Å². The molecule has 1 spiro atoms. The van der Waals surface area contributed by atoms with Gasteiger partial charge in [-0.25, -0.2) is 0 Å². The molecule has 3 aliphatic rings. The summed E-state index contributed by atoms with van der Waals surface area (Å²) in [4.78, 5) is 44.8. The lowest BCUT2D eigenvalue weighted by Gasteiger charge is -2.37. The van der Waals surface area contributed by atoms with Crippen LogP contribution in [-0.2, 0) is 23.9 Å². The van der Waals surface area contributed by atoms with Crippen LogP contribution in [0.2, 0.25) is 0 Å². The molecule has 2 aromatic carbocycles. The molecule has 3 fully saturated rings. The van der Waals surface area contributed by atoms with E-state index in [0.29, 0.717) is 31.4 Å². The molecule has 3 aliphatic heterocycles. The van der Waals surface area contributed by atoms with Crippen LogP contribution >= 0.6 is 15.9 Å². The maximum absolute atomic E-state index is 14.5. The number of anilines is 1. The van der Waals surface area contributed by atoms with Gasteiger partial charge in [-0.2, -0.15) is 0 Å². The van der Waals surface area contributed by atoms with Gasteiger partial charge in [0.2, 0.25) is 5.91 Å². The summed E-state index contributed by atoms with van der Waals surface area (Å²) < 4.78 is 12.1. The van der Waals surface area contributed by atoms with E-state index in [1.165, 1.54) is 4.90 Å². The summed E-state index contributed by atoms with van der Waals surface area (Å²) in [6.07, 6.45) is 4.89. The molecule has 8 nitrogen and oxygen atoms in total. The standard InChI is InChI=1S/C31H35BrN2O6/c1-3-5-8-17-39-30(38)24-25-28(36)34(15-9-16-35)27(31(25)19-23(32)26(24)40-31)29(37)33(14-4-2)22-13-12-20-10-6-7-11-21(20)18-22/h3-4,6-7,10-13,18,23-27,35H,1-2,5,8-9,14-17,19H2/t23?,24-,25-,26-,27?,31?/m0/s1. The number of rotatable bonds is 12. The van der Waals surface area contributed by atoms with Crippen LogP contribution in [0.25, 0.3) is 10.8 Å². The Kier molecular flexibility index (Phi) is 8.44. The Morgan fingerprint density at radius 1 is 1.18 bits per heavy atom. The lowest BCUT2D eigenvalue weighted by Crippen LogP contribution is -2.57. The number of ether oxygens (including phenoxy) is 2. The monoisotopic (exact) mass is 610 g/mol. The van der Waals surface area contributed by atoms with Crippen molar-refractivity contribution in [3.63, 3.8) is 0 Å². The van der Waals surface area contributed by atoms with Crippen molar-refractivity contribution in [1.29, 1.82) is 0 Å². The molecule has 2 bridgehead atoms. The van der Waals surface area contributed by atoms with Crippen molar-refractivity contribution in [2.45, 2.75) is 48.3 Å². The third-order valence-corrected chi connectivity index (χ3v) is 9.12. The summed E-state index contributed by atoms with van der Waals surface area (Å²) in [5, 5.41) is 11.6. The van der Waals surface area contributed by atoms with E-state index in [-0.39, 0.29) is 42.9 Å². The number of allylic oxidation sites excluding steroid dienone is 1. The molecule has 212 valence electrons. The Morgan fingerprint density at radius 3 is 2.67 bits per heavy atom. The van der Waals surface area contributed by atoms with Gasteiger partial charge < -0.3 is 24.4 Å². The molecule has 6 atom stereocenters. The van der Waals surface area contributed by atoms with Gasteiger partial charge in [-0.05, 0) is 48.6 Å². The van der Waals surface area contributed by atoms with Gasteiger partial charge >= 0.3 is 5.97 Å². The predicted octanol–water partition coefficient (Wildman–Crippen LogP) is 4.00. The SMILES string of the molecule is C=CCCCOC(=O)[C@H]1[C@H]2C(=O)N(CCCO)C(C(=O)N(CC=C)c3ccc4ccccc4c3)C23CC(Br)[C@@H]1O3. The first-order valence-corrected chi connectivity index (χ1v) is 14.7. The minimum Gasteiger partial charge on any atom is -0.465 e. The summed E-state index contributed by atoms with van der Waals surface area (Å²) in [5.74, 6) is -2.75. The largest absolute Gasteiger partial charge is 0.465 e. The number of fused-ring (bicyclic) bond motifs is 2. The Bertz CT molecular complexity index is 1320. The van der Waals surface area contributed by atoms with Crippen LogP contribution < -0.4 is 4.90 Å². The van der Waals surface area contributed by atoms with E-state index in [1.54, 1.807) is 17.1 Å². The third kappa shape index (κ3) is 4.78. The molecule has 0 saturated carbocycles. The first kappa shape index (κ1) is 28.5. The second-order valence-electron chi connectivity index (χ2n) is 10.6. The number of hydrogen-bond donors (Lipinski definition) is 1. The molecule has 1 N–H and O–H groups in total. The van der Waals surface area contributed by atoms with Crippen molar-refractivity contribution >= 4 is 50.2 Å². The topological polar surface area (TPSA) is 96.4 Å². The van der Waals surface area contributed by atoms with Crippen molar-refractivity contribution < 1.29 is 29.0 Å². The molecular weight excluding hydrogens is 576 g/mol. The van der Waals surface area contributed by atoms with Crippen LogP contribution in [0.3, 0.4) is 0 Å². The van der Waals surface area contributed by atoms with E-state index in [4.69, 9.17) is 9.47 Å². The van der Waals surface area contributed by atoms with Gasteiger partial charge in [0.25, 0.3) is 5.91 Å². The Hall–Kier alpha value is -3.01. The number of amides is 2. The number of halogens is 1. The number of unbranched alkanes of at least 4 members (excludes halogenated alkanes) is 1. The van der Waals surface area contributed by atoms with Gasteiger partial charge in [0.05, 0.1) is 24.5 Å². The Balaban J connectivity index is 1.52. The van der Waals surface area contributed by atoms with E-state index in [0.717, 1.165) is 10.8 Å². The van der Waals surface area contributed by atoms with E-state index in [1.807, 2.05) is 42.5 Å². The molecule has 2 aromatic rings. The third-order valence-electron chi connectivity index (χ3n) is 8.27. The van der Waals surface area contributed by atoms with Crippen LogP contribution in [0, 0.1) is 11.8 Å². The van der Waals surface area contributed by atoms with Gasteiger partial charge in [0.15, 0.2) is 0 Å². The highest BCUT2D eigenvalue weighted by Crippen LogP contribution is 2.60. The fourth-order valence-electron chi connectivity index (χ4n) is 6.60. The fourth-order valence-corrected chi connectivity index (χ4v) is 7.54. The average Bonchev–Trinajstić information content (AvgIpc) is 3.55. The van der Waals surface area contributed by atoms with Gasteiger partial charge in [0.1, 0.15) is 11.6 Å². The van der Waals surface area contributed by atoms with Crippen molar-refractivity contribution in [1.82, 2.24) is 4.90 Å². The molecule has 40 heavy (non-hydrogen) atoms. The van der Waals surface area contributed by atoms with Crippen LogP contribution in [0.1, 0.15) is 25.7 Å². The Labute approximate surface area is 242 Å². The number of alkyl halides is 1. The molecule has 3 heterocycles. The van der Waals surface area contributed by atoms with Gasteiger partial charge in [-0.3, -0.25) is 14.4 Å². The predicted molar refractivity (Wildman–Crippen MR) is 156 cm³/mol. The number of aliphatic hydroxyl groups is 1. The van der Waals surface area contributed by atoms with Gasteiger partial charge in [-0.15, -0.1) is 13.2 Å². The summed E-state index contributed by atoms with van der Waals surface area (Å²) in [6.45, 7) is 8.05. The van der Waals surface area contributed by atoms with E-state index in [9.17, 15) is 19.5 Å². The van der Waals surface area contributed by atoms with Gasteiger partial charge in [0, 0.05) is 30.2 Å². The fraction of sp³-hybridized carbons (Fsp3) is 0.452. The number of nitrogens with zero attached hydrogens (tertiary/aromatic N) is 2. The number of benzene rings is 2. The quantitative estimate of drug-likeness (QED) is 0.169. The zero-order valence-electron chi connectivity index (χ0n) is 22.4. The van der Waals surface area contributed by atoms with E-state index in [2.05, 4.69) is 29.1 Å². The van der Waals surface area contributed by atoms with Crippen molar-refractivity contribution in [2.75, 3.05) is 31.2 Å². The summed E-state index contributed by atoms with van der Waals surface area (Å²) >= 11 is 3.68. The molecule has 5 rings (SSSR count). The van der Waals surface area contributed by atoms with Crippen molar-refractivity contribution in [3.05, 3.63) is 67.8 Å². The normalized spacial score (nSPS) is 28.5. The molecular formula is C31H35BrN2O6. The highest BCUT2D eigenvalue weighted by atomic mass is 79.9. The van der Waals surface area contributed by atoms with Gasteiger partial charge in [-0.1, -0.05) is 58.4 Å². The highest BCUT2D eigenvalue weighted by molar-refractivity contribution is 9.09. The maximum atomic E-state index is 14.5. The molecule has 2 amide bonds. The smallest absolute Gasteiger partial charge is 0.312 e. The summed E-state index contributed by atoms with van der Waals surface area (Å²) in [5.41, 5.74) is -0.511. The molecule has 9 heteroatoms. The first-order chi connectivity index (χ1) is 19.4. The molecule has 0 aliphatic carbocycles. The van der Waals surface area contributed by atoms with Crippen LogP contribution in [0.5, 0.6) is 0 Å². The lowest BCUT2D eigenvalue weighted by molar-refractivity contribution is -0.155. The van der Waals surface area contributed by atoms with Crippen LogP contribution in [0.15, 0.2) is 67.8 Å². The summed E-state index contributed by atoms with van der Waals surface area (Å²) in [7, 11) is 0. The second-order valence-corrected chi connectivity index (χ2v) is 11.8. The number of likely N-dealkylation sites (tertiary alicyclic amines) is 1. The number of esters is 1. The minimum atomic E-state index is -1.19. The molecule has 3 unspecified atom stereocenters. The summed E-state index contributed by atoms with van der Waals surface area (Å²) in [6, 6.07) is 12.7. The maximum Gasteiger partial charge on any atom is 0.312 e. The zero-order valence-corrected chi connectivity index (χ0v) is 24.0. The van der Waals surface area contributed by atoms with E-state index >= 15 is 0 Å². The van der Waals surface area contributed by atoms with Crippen molar-refractivity contribution in [2.24, 2.45) is 11.8 Å². The molecule has 3 saturated heterocycles. The van der Waals surface area contributed by atoms with E-state index < -0.39 is 35.6 Å². The number of carbonyl (C=O) groups excluding carboxylic acids is 3. The average molecular weight is 612 g/mol. The number of hydrogen-bond acceptors (Lipinski definition) is 6. The molecule has 0 radical (unpaired) electrons. The first-order valence-electron chi connectivity index (χ1n) is 13.8.